The van der Waals surface area contributed by atoms with E-state index in [2.05, 4.69) is 53.8 Å². The number of hydrogen-bond donors (Lipinski definition) is 1. The second-order valence-corrected chi connectivity index (χ2v) is 8.31. The maximum absolute atomic E-state index is 12.3. The topological polar surface area (TPSA) is 97.2 Å². The quantitative estimate of drug-likeness (QED) is 0.216. The summed E-state index contributed by atoms with van der Waals surface area (Å²) >= 11 is 1.57. The molecule has 0 atom stereocenters. The normalized spacial score (nSPS) is 13.9. The van der Waals surface area contributed by atoms with E-state index in [0.717, 1.165) is 51.4 Å². The summed E-state index contributed by atoms with van der Waals surface area (Å²) in [5.74, 6) is 0.913. The lowest BCUT2D eigenvalue weighted by Crippen LogP contribution is -2.46. The fourth-order valence-corrected chi connectivity index (χ4v) is 4.64. The van der Waals surface area contributed by atoms with Crippen molar-refractivity contribution in [2.45, 2.75) is 12.8 Å². The number of fused-ring (bicyclic) bond motifs is 1. The zero-order chi connectivity index (χ0) is 21.5. The van der Waals surface area contributed by atoms with Gasteiger partial charge in [0.1, 0.15) is 5.82 Å². The minimum absolute atomic E-state index is 0. The number of rotatable bonds is 8. The number of anilines is 1. The van der Waals surface area contributed by atoms with Crippen LogP contribution in [-0.4, -0.2) is 54.4 Å². The predicted octanol–water partition coefficient (Wildman–Crippen LogP) is 4.99. The van der Waals surface area contributed by atoms with Gasteiger partial charge in [0.25, 0.3) is 5.91 Å². The number of amides is 1. The third-order valence-corrected chi connectivity index (χ3v) is 6.33. The number of nitrogens with zero attached hydrogens (tertiary/aromatic N) is 6. The number of hydrogen-bond acceptors (Lipinski definition) is 6. The highest BCUT2D eigenvalue weighted by molar-refractivity contribution is 7.13. The maximum atomic E-state index is 12.3. The summed E-state index contributed by atoms with van der Waals surface area (Å²) in [5.41, 5.74) is 9.39. The average molecular weight is 472 g/mol. The Hall–Kier alpha value is -2.84. The molecule has 32 heavy (non-hydrogen) atoms. The molecule has 3 aromatic rings. The number of nitrogens with one attached hydrogen (secondary N) is 1. The summed E-state index contributed by atoms with van der Waals surface area (Å²) in [6.07, 6.45) is 1.93. The molecule has 0 saturated carbocycles. The van der Waals surface area contributed by atoms with E-state index in [1.165, 1.54) is 10.1 Å². The van der Waals surface area contributed by atoms with Crippen LogP contribution in [0.5, 0.6) is 0 Å². The molecule has 1 amide bonds. The van der Waals surface area contributed by atoms with Crippen LogP contribution in [0.3, 0.4) is 0 Å². The van der Waals surface area contributed by atoms with Crippen molar-refractivity contribution >= 4 is 51.4 Å². The Morgan fingerprint density at radius 1 is 1.09 bits per heavy atom. The lowest BCUT2D eigenvalue weighted by Gasteiger charge is -2.35. The third-order valence-electron chi connectivity index (χ3n) is 5.52. The monoisotopic (exact) mass is 471 g/mol. The van der Waals surface area contributed by atoms with Crippen LogP contribution in [0.25, 0.3) is 20.5 Å². The summed E-state index contributed by atoms with van der Waals surface area (Å²) < 4.78 is 5.91. The van der Waals surface area contributed by atoms with Gasteiger partial charge >= 0.3 is 0 Å². The number of benzene rings is 2. The fraction of sp³-hybridized carbons (Fsp3) is 0.364. The largest absolute Gasteiger partial charge is 0.353 e. The number of aromatic nitrogens is 1. The van der Waals surface area contributed by atoms with Gasteiger partial charge in [-0.15, -0.1) is 12.4 Å². The number of piperazine rings is 1. The molecule has 8 nitrogen and oxygen atoms in total. The van der Waals surface area contributed by atoms with E-state index in [9.17, 15) is 4.79 Å². The van der Waals surface area contributed by atoms with Gasteiger partial charge in [0.15, 0.2) is 0 Å². The van der Waals surface area contributed by atoms with Crippen LogP contribution in [0, 0.1) is 0 Å². The zero-order valence-electron chi connectivity index (χ0n) is 17.7. The highest BCUT2D eigenvalue weighted by Gasteiger charge is 2.20. The van der Waals surface area contributed by atoms with Crippen LogP contribution in [0.4, 0.5) is 11.5 Å². The van der Waals surface area contributed by atoms with Crippen molar-refractivity contribution in [3.63, 3.8) is 0 Å². The van der Waals surface area contributed by atoms with Gasteiger partial charge in [0.2, 0.25) is 0 Å². The van der Waals surface area contributed by atoms with Crippen LogP contribution >= 0.6 is 23.9 Å². The van der Waals surface area contributed by atoms with Crippen molar-refractivity contribution in [2.75, 3.05) is 44.2 Å². The molecule has 0 radical (unpaired) electrons. The van der Waals surface area contributed by atoms with E-state index >= 15 is 0 Å². The molecule has 2 heterocycles. The van der Waals surface area contributed by atoms with Crippen LogP contribution in [0.2, 0.25) is 0 Å². The first-order chi connectivity index (χ1) is 15.3. The molecule has 2 aromatic carbocycles. The lowest BCUT2D eigenvalue weighted by atomic mass is 10.1. The van der Waals surface area contributed by atoms with Crippen LogP contribution < -0.4 is 10.2 Å². The van der Waals surface area contributed by atoms with Gasteiger partial charge in [-0.1, -0.05) is 35.4 Å². The Bertz CT molecular complexity index is 1090. The molecule has 0 unspecified atom stereocenters. The highest BCUT2D eigenvalue weighted by Crippen LogP contribution is 2.29. The second kappa shape index (κ2) is 11.7. The van der Waals surface area contributed by atoms with E-state index in [-0.39, 0.29) is 18.3 Å². The number of halogens is 1. The molecule has 1 aliphatic rings. The smallest absolute Gasteiger partial charge is 0.251 e. The van der Waals surface area contributed by atoms with Crippen LogP contribution in [0.15, 0.2) is 53.6 Å². The van der Waals surface area contributed by atoms with E-state index in [0.29, 0.717) is 17.8 Å². The van der Waals surface area contributed by atoms with Crippen molar-refractivity contribution in [3.8, 4) is 0 Å². The number of unbranched alkanes of at least 4 members (excludes halogenated alkanes) is 1. The standard InChI is InChI=1S/C22H25N7OS.ClH/c23-27-25-19-9-3-1-7-17(19)22(30)24-11-5-6-12-28-13-15-29(16-14-28)21-18-8-2-4-10-20(18)31-26-21;/h1-4,7-10H,5-6,11-16H2,(H,24,30);1H. The summed E-state index contributed by atoms with van der Waals surface area (Å²) in [6, 6.07) is 15.2. The maximum Gasteiger partial charge on any atom is 0.251 e. The first kappa shape index (κ1) is 23.8. The summed E-state index contributed by atoms with van der Waals surface area (Å²) in [4.78, 5) is 20.0. The minimum Gasteiger partial charge on any atom is -0.353 e. The fourth-order valence-electron chi connectivity index (χ4n) is 3.84. The molecule has 0 spiro atoms. The molecule has 1 N–H and O–H groups in total. The Labute approximate surface area is 197 Å². The van der Waals surface area contributed by atoms with E-state index in [4.69, 9.17) is 5.53 Å². The van der Waals surface area contributed by atoms with Crippen LogP contribution in [-0.2, 0) is 0 Å². The lowest BCUT2D eigenvalue weighted by molar-refractivity contribution is 0.0953. The predicted molar refractivity (Wildman–Crippen MR) is 132 cm³/mol. The van der Waals surface area contributed by atoms with Gasteiger partial charge < -0.3 is 10.2 Å². The van der Waals surface area contributed by atoms with Gasteiger partial charge in [-0.3, -0.25) is 9.69 Å². The number of carbonyl (C=O) groups excluding carboxylic acids is 1. The first-order valence-corrected chi connectivity index (χ1v) is 11.3. The molecular formula is C22H26ClN7OS. The SMILES string of the molecule is Cl.[N-]=[N+]=Nc1ccccc1C(=O)NCCCCN1CCN(c2nsc3ccccc23)CC1. The molecule has 1 aliphatic heterocycles. The van der Waals surface area contributed by atoms with Crippen molar-refractivity contribution in [1.82, 2.24) is 14.6 Å². The van der Waals surface area contributed by atoms with Crippen molar-refractivity contribution in [3.05, 3.63) is 64.5 Å². The van der Waals surface area contributed by atoms with Crippen LogP contribution in [0.1, 0.15) is 23.2 Å². The Balaban J connectivity index is 0.00000289. The summed E-state index contributed by atoms with van der Waals surface area (Å²) in [6.45, 7) is 5.65. The van der Waals surface area contributed by atoms with E-state index < -0.39 is 0 Å². The van der Waals surface area contributed by atoms with Crippen molar-refractivity contribution < 1.29 is 4.79 Å². The Morgan fingerprint density at radius 2 is 1.84 bits per heavy atom. The van der Waals surface area contributed by atoms with Gasteiger partial charge in [-0.05, 0) is 54.6 Å². The van der Waals surface area contributed by atoms with Gasteiger partial charge in [0.05, 0.1) is 10.4 Å². The van der Waals surface area contributed by atoms with Gasteiger partial charge in [0, 0.05) is 48.6 Å². The molecule has 1 fully saturated rings. The first-order valence-electron chi connectivity index (χ1n) is 10.5. The molecule has 1 saturated heterocycles. The van der Waals surface area contributed by atoms with E-state index in [1.54, 1.807) is 35.8 Å². The molecular weight excluding hydrogens is 446 g/mol. The number of azide groups is 1. The summed E-state index contributed by atoms with van der Waals surface area (Å²) in [5, 5.41) is 7.75. The molecule has 168 valence electrons. The van der Waals surface area contributed by atoms with Gasteiger partial charge in [-0.2, -0.15) is 4.37 Å². The van der Waals surface area contributed by atoms with Crippen molar-refractivity contribution in [2.24, 2.45) is 5.11 Å². The number of carbonyl (C=O) groups is 1. The Morgan fingerprint density at radius 3 is 2.66 bits per heavy atom. The average Bonchev–Trinajstić information content (AvgIpc) is 3.24. The Kier molecular flexibility index (Phi) is 8.70. The van der Waals surface area contributed by atoms with E-state index in [1.807, 2.05) is 0 Å². The van der Waals surface area contributed by atoms with Crippen molar-refractivity contribution in [1.29, 1.82) is 0 Å². The molecule has 10 heteroatoms. The molecule has 1 aromatic heterocycles. The minimum atomic E-state index is -0.202. The molecule has 0 aliphatic carbocycles. The summed E-state index contributed by atoms with van der Waals surface area (Å²) in [7, 11) is 0. The van der Waals surface area contributed by atoms with Gasteiger partial charge in [-0.25, -0.2) is 0 Å². The highest BCUT2D eigenvalue weighted by atomic mass is 35.5. The molecule has 0 bridgehead atoms. The second-order valence-electron chi connectivity index (χ2n) is 7.50. The zero-order valence-corrected chi connectivity index (χ0v) is 19.3. The third kappa shape index (κ3) is 5.69. The molecule has 4 rings (SSSR count).